The van der Waals surface area contributed by atoms with Crippen LogP contribution < -0.4 is 10.1 Å². The maximum absolute atomic E-state index is 8.98. The van der Waals surface area contributed by atoms with Gasteiger partial charge < -0.3 is 10.1 Å². The highest BCUT2D eigenvalue weighted by atomic mass is 16.5. The lowest BCUT2D eigenvalue weighted by Crippen LogP contribution is -2.06. The molecule has 16 heavy (non-hydrogen) atoms. The minimum absolute atomic E-state index is 0.675. The van der Waals surface area contributed by atoms with E-state index in [4.69, 9.17) is 10.00 Å². The van der Waals surface area contributed by atoms with Crippen LogP contribution >= 0.6 is 0 Å². The van der Waals surface area contributed by atoms with E-state index in [1.165, 1.54) is 6.42 Å². The number of nitriles is 1. The molecule has 1 aliphatic rings. The second-order valence-corrected chi connectivity index (χ2v) is 4.38. The van der Waals surface area contributed by atoms with Crippen molar-refractivity contribution in [1.82, 2.24) is 0 Å². The SMILES string of the molecule is COc1ccc(C#N)c(NCC2CC2C)c1. The van der Waals surface area contributed by atoms with E-state index in [1.807, 2.05) is 12.1 Å². The molecule has 2 atom stereocenters. The van der Waals surface area contributed by atoms with Crippen LogP contribution in [0.15, 0.2) is 18.2 Å². The number of nitrogens with zero attached hydrogens (tertiary/aromatic N) is 1. The molecule has 0 spiro atoms. The Kier molecular flexibility index (Phi) is 3.00. The maximum Gasteiger partial charge on any atom is 0.121 e. The van der Waals surface area contributed by atoms with E-state index in [-0.39, 0.29) is 0 Å². The predicted molar refractivity (Wildman–Crippen MR) is 63.5 cm³/mol. The van der Waals surface area contributed by atoms with Gasteiger partial charge >= 0.3 is 0 Å². The van der Waals surface area contributed by atoms with E-state index in [2.05, 4.69) is 18.3 Å². The Morgan fingerprint density at radius 2 is 2.31 bits per heavy atom. The van der Waals surface area contributed by atoms with Crippen LogP contribution in [0.2, 0.25) is 0 Å². The molecule has 2 unspecified atom stereocenters. The largest absolute Gasteiger partial charge is 0.497 e. The number of hydrogen-bond acceptors (Lipinski definition) is 3. The molecule has 1 N–H and O–H groups in total. The minimum Gasteiger partial charge on any atom is -0.497 e. The van der Waals surface area contributed by atoms with E-state index >= 15 is 0 Å². The van der Waals surface area contributed by atoms with Gasteiger partial charge in [0, 0.05) is 12.6 Å². The minimum atomic E-state index is 0.675. The lowest BCUT2D eigenvalue weighted by molar-refractivity contribution is 0.415. The maximum atomic E-state index is 8.98. The van der Waals surface area contributed by atoms with E-state index in [9.17, 15) is 0 Å². The second kappa shape index (κ2) is 4.44. The van der Waals surface area contributed by atoms with Gasteiger partial charge in [-0.1, -0.05) is 6.92 Å². The first-order valence-corrected chi connectivity index (χ1v) is 5.56. The summed E-state index contributed by atoms with van der Waals surface area (Å²) < 4.78 is 5.15. The molecule has 0 saturated heterocycles. The van der Waals surface area contributed by atoms with Crippen molar-refractivity contribution in [2.45, 2.75) is 13.3 Å². The van der Waals surface area contributed by atoms with Crippen molar-refractivity contribution in [3.8, 4) is 11.8 Å². The number of benzene rings is 1. The van der Waals surface area contributed by atoms with Crippen LogP contribution in [0.4, 0.5) is 5.69 Å². The van der Waals surface area contributed by atoms with Crippen molar-refractivity contribution in [3.05, 3.63) is 23.8 Å². The Bertz CT molecular complexity index is 422. The van der Waals surface area contributed by atoms with Gasteiger partial charge in [0.15, 0.2) is 0 Å². The molecule has 0 aromatic heterocycles. The molecule has 1 aromatic carbocycles. The number of ether oxygens (including phenoxy) is 1. The molecule has 0 bridgehead atoms. The lowest BCUT2D eigenvalue weighted by Gasteiger charge is -2.09. The van der Waals surface area contributed by atoms with Gasteiger partial charge in [-0.15, -0.1) is 0 Å². The van der Waals surface area contributed by atoms with Crippen LogP contribution in [-0.2, 0) is 0 Å². The van der Waals surface area contributed by atoms with Crippen LogP contribution in [0, 0.1) is 23.2 Å². The topological polar surface area (TPSA) is 45.0 Å². The summed E-state index contributed by atoms with van der Waals surface area (Å²) >= 11 is 0. The third-order valence-electron chi connectivity index (χ3n) is 3.18. The summed E-state index contributed by atoms with van der Waals surface area (Å²) in [6.45, 7) is 3.20. The molecule has 0 aliphatic heterocycles. The van der Waals surface area contributed by atoms with Gasteiger partial charge in [-0.3, -0.25) is 0 Å². The fourth-order valence-corrected chi connectivity index (χ4v) is 1.82. The summed E-state index contributed by atoms with van der Waals surface area (Å²) in [5, 5.41) is 12.3. The number of anilines is 1. The fraction of sp³-hybridized carbons (Fsp3) is 0.462. The van der Waals surface area contributed by atoms with Crippen molar-refractivity contribution in [2.75, 3.05) is 19.0 Å². The molecule has 1 fully saturated rings. The molecule has 2 rings (SSSR count). The average molecular weight is 216 g/mol. The highest BCUT2D eigenvalue weighted by molar-refractivity contribution is 5.60. The molecule has 0 amide bonds. The van der Waals surface area contributed by atoms with Crippen molar-refractivity contribution in [1.29, 1.82) is 5.26 Å². The van der Waals surface area contributed by atoms with Gasteiger partial charge in [-0.2, -0.15) is 5.26 Å². The van der Waals surface area contributed by atoms with E-state index in [0.717, 1.165) is 29.8 Å². The van der Waals surface area contributed by atoms with Gasteiger partial charge in [0.25, 0.3) is 0 Å². The normalized spacial score (nSPS) is 22.3. The van der Waals surface area contributed by atoms with Crippen LogP contribution in [0.3, 0.4) is 0 Å². The molecular weight excluding hydrogens is 200 g/mol. The van der Waals surface area contributed by atoms with Crippen molar-refractivity contribution >= 4 is 5.69 Å². The monoisotopic (exact) mass is 216 g/mol. The van der Waals surface area contributed by atoms with Gasteiger partial charge in [0.2, 0.25) is 0 Å². The molecule has 1 aromatic rings. The van der Waals surface area contributed by atoms with Crippen LogP contribution in [0.25, 0.3) is 0 Å². The van der Waals surface area contributed by atoms with E-state index in [0.29, 0.717) is 5.56 Å². The summed E-state index contributed by atoms with van der Waals surface area (Å²) in [6.07, 6.45) is 1.29. The average Bonchev–Trinajstić information content (AvgIpc) is 3.02. The first kappa shape index (κ1) is 10.8. The zero-order valence-electron chi connectivity index (χ0n) is 9.66. The standard InChI is InChI=1S/C13H16N2O/c1-9-5-11(9)8-15-13-6-12(16-2)4-3-10(13)7-14/h3-4,6,9,11,15H,5,8H2,1-2H3. The smallest absolute Gasteiger partial charge is 0.121 e. The second-order valence-electron chi connectivity index (χ2n) is 4.38. The number of methoxy groups -OCH3 is 1. The molecule has 3 nitrogen and oxygen atoms in total. The van der Waals surface area contributed by atoms with Gasteiger partial charge in [0.05, 0.1) is 18.4 Å². The first-order chi connectivity index (χ1) is 7.74. The van der Waals surface area contributed by atoms with Gasteiger partial charge in [0.1, 0.15) is 11.8 Å². The fourth-order valence-electron chi connectivity index (χ4n) is 1.82. The number of nitrogens with one attached hydrogen (secondary N) is 1. The summed E-state index contributed by atoms with van der Waals surface area (Å²) in [6, 6.07) is 7.66. The van der Waals surface area contributed by atoms with Gasteiger partial charge in [-0.05, 0) is 30.4 Å². The summed E-state index contributed by atoms with van der Waals surface area (Å²) in [5.74, 6) is 2.37. The van der Waals surface area contributed by atoms with Crippen LogP contribution in [0.5, 0.6) is 5.75 Å². The summed E-state index contributed by atoms with van der Waals surface area (Å²) in [5.41, 5.74) is 1.55. The zero-order valence-corrected chi connectivity index (χ0v) is 9.66. The third kappa shape index (κ3) is 2.27. The number of hydrogen-bond donors (Lipinski definition) is 1. The molecule has 1 aliphatic carbocycles. The Morgan fingerprint density at radius 1 is 1.56 bits per heavy atom. The number of rotatable bonds is 4. The van der Waals surface area contributed by atoms with E-state index < -0.39 is 0 Å². The quantitative estimate of drug-likeness (QED) is 0.841. The summed E-state index contributed by atoms with van der Waals surface area (Å²) in [7, 11) is 1.63. The van der Waals surface area contributed by atoms with Crippen LogP contribution in [0.1, 0.15) is 18.9 Å². The Labute approximate surface area is 96.0 Å². The highest BCUT2D eigenvalue weighted by Crippen LogP contribution is 2.37. The molecule has 84 valence electrons. The predicted octanol–water partition coefficient (Wildman–Crippen LogP) is 2.63. The highest BCUT2D eigenvalue weighted by Gasteiger charge is 2.31. The Morgan fingerprint density at radius 3 is 2.88 bits per heavy atom. The van der Waals surface area contributed by atoms with Crippen molar-refractivity contribution < 1.29 is 4.74 Å². The van der Waals surface area contributed by atoms with Crippen molar-refractivity contribution in [3.63, 3.8) is 0 Å². The third-order valence-corrected chi connectivity index (χ3v) is 3.18. The Hall–Kier alpha value is -1.69. The zero-order chi connectivity index (χ0) is 11.5. The molecule has 0 radical (unpaired) electrons. The van der Waals surface area contributed by atoms with Crippen LogP contribution in [-0.4, -0.2) is 13.7 Å². The molecule has 0 heterocycles. The molecular formula is C13H16N2O. The first-order valence-electron chi connectivity index (χ1n) is 5.56. The lowest BCUT2D eigenvalue weighted by atomic mass is 10.2. The van der Waals surface area contributed by atoms with Crippen molar-refractivity contribution in [2.24, 2.45) is 11.8 Å². The van der Waals surface area contributed by atoms with Gasteiger partial charge in [-0.25, -0.2) is 0 Å². The molecule has 3 heteroatoms. The summed E-state index contributed by atoms with van der Waals surface area (Å²) in [4.78, 5) is 0. The van der Waals surface area contributed by atoms with E-state index in [1.54, 1.807) is 13.2 Å². The molecule has 1 saturated carbocycles. The Balaban J connectivity index is 2.07.